The third-order valence-corrected chi connectivity index (χ3v) is 4.21. The average Bonchev–Trinajstić information content (AvgIpc) is 2.97. The van der Waals surface area contributed by atoms with Crippen LogP contribution in [-0.2, 0) is 16.4 Å². The van der Waals surface area contributed by atoms with Gasteiger partial charge in [0.2, 0.25) is 10.0 Å². The van der Waals surface area contributed by atoms with E-state index in [0.29, 0.717) is 12.2 Å². The number of carbonyl (C=O) groups is 1. The maximum Gasteiger partial charge on any atom is 0.352 e. The molecule has 1 unspecified atom stereocenters. The van der Waals surface area contributed by atoms with Crippen LogP contribution in [0, 0.1) is 0 Å². The minimum absolute atomic E-state index is 0.110. The number of nitrogens with one attached hydrogen (secondary N) is 2. The lowest BCUT2D eigenvalue weighted by molar-refractivity contribution is 0.0691. The molecule has 0 aliphatic rings. The maximum absolute atomic E-state index is 12.1. The molecule has 0 saturated heterocycles. The molecule has 2 aromatic heterocycles. The third kappa shape index (κ3) is 3.28. The van der Waals surface area contributed by atoms with E-state index in [2.05, 4.69) is 9.71 Å². The number of aromatic amines is 1. The number of carboxylic acid groups (broad SMARTS) is 1. The van der Waals surface area contributed by atoms with Crippen molar-refractivity contribution in [3.8, 4) is 0 Å². The smallest absolute Gasteiger partial charge is 0.352 e. The second-order valence-corrected chi connectivity index (χ2v) is 6.07. The van der Waals surface area contributed by atoms with Crippen LogP contribution in [0.2, 0.25) is 0 Å². The molecular formula is C12H14N2O5S. The van der Waals surface area contributed by atoms with Gasteiger partial charge in [-0.2, -0.15) is 0 Å². The highest BCUT2D eigenvalue weighted by molar-refractivity contribution is 7.89. The maximum atomic E-state index is 12.1. The van der Waals surface area contributed by atoms with Gasteiger partial charge in [0.15, 0.2) is 0 Å². The van der Waals surface area contributed by atoms with Crippen LogP contribution >= 0.6 is 0 Å². The van der Waals surface area contributed by atoms with Crippen LogP contribution in [0.15, 0.2) is 40.0 Å². The lowest BCUT2D eigenvalue weighted by atomic mass is 10.2. The van der Waals surface area contributed by atoms with E-state index in [9.17, 15) is 13.2 Å². The molecule has 3 N–H and O–H groups in total. The molecule has 0 bridgehead atoms. The third-order valence-electron chi connectivity index (χ3n) is 2.64. The Kier molecular flexibility index (Phi) is 3.96. The Balaban J connectivity index is 2.08. The Morgan fingerprint density at radius 2 is 2.30 bits per heavy atom. The summed E-state index contributed by atoms with van der Waals surface area (Å²) in [5.74, 6) is -0.546. The van der Waals surface area contributed by atoms with Crippen molar-refractivity contribution in [2.24, 2.45) is 0 Å². The van der Waals surface area contributed by atoms with Crippen LogP contribution < -0.4 is 4.72 Å². The summed E-state index contributed by atoms with van der Waals surface area (Å²) in [5, 5.41) is 8.76. The van der Waals surface area contributed by atoms with E-state index < -0.39 is 16.0 Å². The summed E-state index contributed by atoms with van der Waals surface area (Å²) >= 11 is 0. The Hall–Kier alpha value is -2.06. The SMILES string of the molecule is CC(Cc1ccco1)NS(=O)(=O)c1c[nH]c(C(=O)O)c1. The second-order valence-electron chi connectivity index (χ2n) is 4.36. The molecule has 1 atom stereocenters. The first-order valence-corrected chi connectivity index (χ1v) is 7.33. The topological polar surface area (TPSA) is 112 Å². The van der Waals surface area contributed by atoms with Gasteiger partial charge in [0.1, 0.15) is 16.3 Å². The van der Waals surface area contributed by atoms with Crippen LogP contribution in [0.25, 0.3) is 0 Å². The molecule has 20 heavy (non-hydrogen) atoms. The van der Waals surface area contributed by atoms with Gasteiger partial charge in [-0.3, -0.25) is 0 Å². The average molecular weight is 298 g/mol. The zero-order valence-electron chi connectivity index (χ0n) is 10.7. The van der Waals surface area contributed by atoms with Crippen LogP contribution in [0.5, 0.6) is 0 Å². The van der Waals surface area contributed by atoms with Gasteiger partial charge in [0.25, 0.3) is 0 Å². The fraction of sp³-hybridized carbons (Fsp3) is 0.250. The van der Waals surface area contributed by atoms with Gasteiger partial charge in [0, 0.05) is 18.7 Å². The number of aromatic nitrogens is 1. The van der Waals surface area contributed by atoms with E-state index in [4.69, 9.17) is 9.52 Å². The number of sulfonamides is 1. The van der Waals surface area contributed by atoms with E-state index in [-0.39, 0.29) is 16.6 Å². The van der Waals surface area contributed by atoms with Crippen molar-refractivity contribution >= 4 is 16.0 Å². The van der Waals surface area contributed by atoms with Crippen molar-refractivity contribution in [3.63, 3.8) is 0 Å². The minimum atomic E-state index is -3.76. The molecular weight excluding hydrogens is 284 g/mol. The number of hydrogen-bond acceptors (Lipinski definition) is 4. The molecule has 0 aromatic carbocycles. The Labute approximate surface area is 115 Å². The van der Waals surface area contributed by atoms with E-state index in [1.165, 1.54) is 6.26 Å². The number of hydrogen-bond donors (Lipinski definition) is 3. The lowest BCUT2D eigenvalue weighted by Crippen LogP contribution is -2.33. The summed E-state index contributed by atoms with van der Waals surface area (Å²) in [7, 11) is -3.76. The van der Waals surface area contributed by atoms with E-state index in [1.807, 2.05) is 0 Å². The number of carboxylic acids is 1. The summed E-state index contributed by atoms with van der Waals surface area (Å²) < 4.78 is 31.7. The standard InChI is InChI=1S/C12H14N2O5S/c1-8(5-9-3-2-4-19-9)14-20(17,18)10-6-11(12(15)16)13-7-10/h2-4,6-8,13-14H,5H2,1H3,(H,15,16). The second kappa shape index (κ2) is 5.51. The molecule has 0 fully saturated rings. The molecule has 7 nitrogen and oxygen atoms in total. The normalized spacial score (nSPS) is 13.2. The largest absolute Gasteiger partial charge is 0.477 e. The molecule has 0 amide bonds. The van der Waals surface area contributed by atoms with Gasteiger partial charge in [-0.1, -0.05) is 0 Å². The molecule has 2 aromatic rings. The lowest BCUT2D eigenvalue weighted by Gasteiger charge is -2.11. The summed E-state index contributed by atoms with van der Waals surface area (Å²) in [5.41, 5.74) is -0.177. The van der Waals surface area contributed by atoms with Crippen LogP contribution in [-0.4, -0.2) is 30.5 Å². The first-order chi connectivity index (χ1) is 9.38. The molecule has 0 spiro atoms. The number of aromatic carboxylic acids is 1. The van der Waals surface area contributed by atoms with Gasteiger partial charge in [-0.15, -0.1) is 0 Å². The van der Waals surface area contributed by atoms with Gasteiger partial charge < -0.3 is 14.5 Å². The van der Waals surface area contributed by atoms with Crippen molar-refractivity contribution < 1.29 is 22.7 Å². The highest BCUT2D eigenvalue weighted by atomic mass is 32.2. The quantitative estimate of drug-likeness (QED) is 0.742. The van der Waals surface area contributed by atoms with Gasteiger partial charge >= 0.3 is 5.97 Å². The van der Waals surface area contributed by atoms with Crippen molar-refractivity contribution in [2.75, 3.05) is 0 Å². The van der Waals surface area contributed by atoms with E-state index in [0.717, 1.165) is 12.3 Å². The molecule has 2 heterocycles. The minimum Gasteiger partial charge on any atom is -0.477 e. The number of furan rings is 1. The fourth-order valence-electron chi connectivity index (χ4n) is 1.76. The van der Waals surface area contributed by atoms with Crippen molar-refractivity contribution in [3.05, 3.63) is 42.1 Å². The van der Waals surface area contributed by atoms with Crippen molar-refractivity contribution in [1.82, 2.24) is 9.71 Å². The predicted molar refractivity (Wildman–Crippen MR) is 69.9 cm³/mol. The Morgan fingerprint density at radius 1 is 1.55 bits per heavy atom. The molecule has 2 rings (SSSR count). The van der Waals surface area contributed by atoms with E-state index >= 15 is 0 Å². The zero-order valence-corrected chi connectivity index (χ0v) is 11.5. The van der Waals surface area contributed by atoms with Gasteiger partial charge in [0.05, 0.1) is 6.26 Å². The molecule has 8 heteroatoms. The summed E-state index contributed by atoms with van der Waals surface area (Å²) in [6.45, 7) is 1.70. The zero-order chi connectivity index (χ0) is 14.8. The van der Waals surface area contributed by atoms with Crippen LogP contribution in [0.1, 0.15) is 23.2 Å². The van der Waals surface area contributed by atoms with E-state index in [1.54, 1.807) is 19.1 Å². The van der Waals surface area contributed by atoms with Crippen molar-refractivity contribution in [1.29, 1.82) is 0 Å². The van der Waals surface area contributed by atoms with Crippen molar-refractivity contribution in [2.45, 2.75) is 24.3 Å². The molecule has 0 radical (unpaired) electrons. The highest BCUT2D eigenvalue weighted by Crippen LogP contribution is 2.12. The number of rotatable bonds is 6. The molecule has 108 valence electrons. The Morgan fingerprint density at radius 3 is 2.85 bits per heavy atom. The predicted octanol–water partition coefficient (Wildman–Crippen LogP) is 1.22. The first-order valence-electron chi connectivity index (χ1n) is 5.85. The van der Waals surface area contributed by atoms with Gasteiger partial charge in [-0.25, -0.2) is 17.9 Å². The Bertz CT molecular complexity index is 687. The monoisotopic (exact) mass is 298 g/mol. The van der Waals surface area contributed by atoms with Crippen LogP contribution in [0.4, 0.5) is 0 Å². The number of H-pyrrole nitrogens is 1. The summed E-state index contributed by atoms with van der Waals surface area (Å²) in [6.07, 6.45) is 3.07. The van der Waals surface area contributed by atoms with Crippen LogP contribution in [0.3, 0.4) is 0 Å². The fourth-order valence-corrected chi connectivity index (χ4v) is 2.99. The molecule has 0 saturated carbocycles. The highest BCUT2D eigenvalue weighted by Gasteiger charge is 2.21. The molecule has 0 aliphatic carbocycles. The summed E-state index contributed by atoms with van der Waals surface area (Å²) in [6, 6.07) is 4.17. The molecule has 0 aliphatic heterocycles. The first kappa shape index (κ1) is 14.4. The summed E-state index contributed by atoms with van der Waals surface area (Å²) in [4.78, 5) is 13.0. The van der Waals surface area contributed by atoms with Gasteiger partial charge in [-0.05, 0) is 25.1 Å².